The van der Waals surface area contributed by atoms with Crippen LogP contribution in [0.15, 0.2) is 58.2 Å². The second-order valence-corrected chi connectivity index (χ2v) is 45.3. The molecule has 10 heteroatoms. The third-order valence-corrected chi connectivity index (χ3v) is 43.0. The summed E-state index contributed by atoms with van der Waals surface area (Å²) in [6.07, 6.45) is 69.3. The number of allylic oxidation sites excluding steroid dienone is 5. The first-order valence-electron chi connectivity index (χ1n) is 49.6. The third-order valence-electron chi connectivity index (χ3n) is 43.0. The largest absolute Gasteiger partial charge is 0.393 e. The van der Waals surface area contributed by atoms with E-state index in [1.54, 1.807) is 22.3 Å². The van der Waals surface area contributed by atoms with Crippen molar-refractivity contribution >= 4 is 5.78 Å². The van der Waals surface area contributed by atoms with Crippen molar-refractivity contribution in [2.45, 2.75) is 413 Å². The predicted molar refractivity (Wildman–Crippen MR) is 465 cm³/mol. The Labute approximate surface area is 700 Å². The molecule has 0 aromatic heterocycles. The SMILES string of the molecule is CC[C@]12CCC(=O)C=C1CC[C@@H]1[C@@H]2CC[C@]2(C)[C@@H](OC)CC[C@@H]12.CC[C@]12CC[C@@H](O)CC1=CC[C@@H]1[C@@H]2CC[C@]2(C)[C@@H](OC)CC[C@@H]12.CC[C@]12CC[C@@H](O)CC1=CC[C@@H]1[C@@H]2CC[C@]2(C)[C@@H](OC)CC[C@@H]12.CC[C@]12CC[C@H](O)CC1=CC[C@@H]1[C@@H]2CC[C@]2(C)[C@@H](OC)CC[C@@H]12.CC[C@]12CC[C@H](O)CC1=CC[C@@H]1[C@@H]2CC[C@]2(C)[C@@H](OC)CC[C@@H]12. The first-order valence-corrected chi connectivity index (χ1v) is 49.6. The molecule has 0 aromatic rings. The molecule has 0 radical (unpaired) electrons. The zero-order valence-electron chi connectivity index (χ0n) is 75.8. The predicted octanol–water partition coefficient (Wildman–Crippen LogP) is 23.8. The molecule has 648 valence electrons. The van der Waals surface area contributed by atoms with Crippen molar-refractivity contribution in [1.82, 2.24) is 0 Å². The van der Waals surface area contributed by atoms with E-state index in [9.17, 15) is 25.2 Å². The summed E-state index contributed by atoms with van der Waals surface area (Å²) in [6, 6.07) is 0. The van der Waals surface area contributed by atoms with Gasteiger partial charge in [-0.2, -0.15) is 0 Å². The molecule has 0 amide bonds. The second kappa shape index (κ2) is 33.5. The molecule has 0 aliphatic heterocycles. The van der Waals surface area contributed by atoms with E-state index in [2.05, 4.69) is 93.5 Å². The summed E-state index contributed by atoms with van der Waals surface area (Å²) in [4.78, 5) is 12.0. The number of ether oxygens (including phenoxy) is 5. The van der Waals surface area contributed by atoms with Gasteiger partial charge in [-0.05, 0) is 432 Å². The summed E-state index contributed by atoms with van der Waals surface area (Å²) in [5.74, 6) is 13.1. The smallest absolute Gasteiger partial charge is 0.155 e. The van der Waals surface area contributed by atoms with E-state index < -0.39 is 0 Å². The van der Waals surface area contributed by atoms with Crippen molar-refractivity contribution in [2.24, 2.45) is 143 Å². The number of aliphatic hydroxyl groups excluding tert-OH is 4. The number of ketones is 1. The van der Waals surface area contributed by atoms with Crippen molar-refractivity contribution in [2.75, 3.05) is 35.5 Å². The van der Waals surface area contributed by atoms with Crippen LogP contribution in [0.3, 0.4) is 0 Å². The van der Waals surface area contributed by atoms with Gasteiger partial charge in [-0.25, -0.2) is 0 Å². The van der Waals surface area contributed by atoms with Crippen molar-refractivity contribution in [3.8, 4) is 0 Å². The van der Waals surface area contributed by atoms with E-state index in [-0.39, 0.29) is 24.4 Å². The molecule has 15 saturated carbocycles. The molecule has 15 fully saturated rings. The number of carbonyl (C=O) groups excluding carboxylic acids is 1. The van der Waals surface area contributed by atoms with Crippen molar-refractivity contribution < 1.29 is 48.9 Å². The van der Waals surface area contributed by atoms with Crippen LogP contribution in [0.5, 0.6) is 0 Å². The second-order valence-electron chi connectivity index (χ2n) is 45.3. The Kier molecular flexibility index (Phi) is 25.2. The minimum Gasteiger partial charge on any atom is -0.393 e. The Bertz CT molecular complexity index is 3230. The maximum Gasteiger partial charge on any atom is 0.155 e. The van der Waals surface area contributed by atoms with Gasteiger partial charge in [-0.1, -0.05) is 121 Å². The molecule has 0 saturated heterocycles. The highest BCUT2D eigenvalue weighted by molar-refractivity contribution is 5.91. The first-order chi connectivity index (χ1) is 55.2. The molecule has 115 heavy (non-hydrogen) atoms. The van der Waals surface area contributed by atoms with Gasteiger partial charge in [0.2, 0.25) is 0 Å². The van der Waals surface area contributed by atoms with Crippen LogP contribution in [0.25, 0.3) is 0 Å². The molecule has 0 aromatic carbocycles. The topological polar surface area (TPSA) is 144 Å². The van der Waals surface area contributed by atoms with Crippen LogP contribution >= 0.6 is 0 Å². The van der Waals surface area contributed by atoms with Crippen molar-refractivity contribution in [3.63, 3.8) is 0 Å². The molecule has 0 unspecified atom stereocenters. The fourth-order valence-electron chi connectivity index (χ4n) is 37.1. The van der Waals surface area contributed by atoms with E-state index in [4.69, 9.17) is 23.7 Å². The number of carbonyl (C=O) groups is 1. The lowest BCUT2D eigenvalue weighted by Crippen LogP contribution is -2.52. The summed E-state index contributed by atoms with van der Waals surface area (Å²) in [5, 5.41) is 40.6. The molecule has 0 bridgehead atoms. The average Bonchev–Trinajstić information content (AvgIpc) is 1.64. The number of fused-ring (bicyclic) bond motifs is 25. The standard InChI is InChI=1S/4C21H34O2.C21H32O2/c5*1-4-21-12-9-15(22)13-14(21)5-6-16-17-7-8-19(23-3)20(17,2)11-10-18(16)21/h4*5,15-19,22H,4,6-13H2,1-3H3;13,16-19H,4-12H2,1-3H3/t2*15-,16+,17+,18+,19+,20+,21+;2*15-,16-,17-,18-,19-,20-,21-;16-,17-,18-,19-,20-,21-/m11000/s1. The Morgan fingerprint density at radius 3 is 0.757 bits per heavy atom. The maximum atomic E-state index is 12.0. The van der Waals surface area contributed by atoms with Crippen LogP contribution in [-0.2, 0) is 28.5 Å². The Hall–Kier alpha value is -1.99. The lowest BCUT2D eigenvalue weighted by Gasteiger charge is -2.59. The van der Waals surface area contributed by atoms with E-state index in [1.807, 2.05) is 41.6 Å². The van der Waals surface area contributed by atoms with Gasteiger partial charge in [0.05, 0.1) is 54.9 Å². The van der Waals surface area contributed by atoms with Gasteiger partial charge in [0.25, 0.3) is 0 Å². The first kappa shape index (κ1) is 86.5. The highest BCUT2D eigenvalue weighted by Gasteiger charge is 2.66. The number of methoxy groups -OCH3 is 5. The number of hydrogen-bond donors (Lipinski definition) is 4. The van der Waals surface area contributed by atoms with Crippen LogP contribution in [0.4, 0.5) is 0 Å². The fraction of sp³-hybridized carbons (Fsp3) is 0.895. The summed E-state index contributed by atoms with van der Waals surface area (Å²) in [5.41, 5.74) is 12.0. The lowest BCUT2D eigenvalue weighted by atomic mass is 9.46. The fourth-order valence-corrected chi connectivity index (χ4v) is 37.1. The van der Waals surface area contributed by atoms with E-state index in [1.165, 1.54) is 230 Å². The molecule has 10 nitrogen and oxygen atoms in total. The van der Waals surface area contributed by atoms with E-state index >= 15 is 0 Å². The summed E-state index contributed by atoms with van der Waals surface area (Å²) in [7, 11) is 9.57. The normalized spacial score (nSPS) is 51.7. The van der Waals surface area contributed by atoms with Gasteiger partial charge in [-0.15, -0.1) is 0 Å². The Morgan fingerprint density at radius 1 is 0.278 bits per heavy atom. The van der Waals surface area contributed by atoms with E-state index in [0.717, 1.165) is 153 Å². The average molecular weight is 1590 g/mol. The molecule has 0 spiro atoms. The van der Waals surface area contributed by atoms with Crippen LogP contribution in [0.1, 0.15) is 358 Å². The van der Waals surface area contributed by atoms with E-state index in [0.29, 0.717) is 90.5 Å². The van der Waals surface area contributed by atoms with Crippen LogP contribution < -0.4 is 0 Å². The zero-order valence-corrected chi connectivity index (χ0v) is 75.8. The zero-order chi connectivity index (χ0) is 81.2. The van der Waals surface area contributed by atoms with Crippen LogP contribution in [0, 0.1) is 143 Å². The minimum absolute atomic E-state index is 0.0873. The summed E-state index contributed by atoms with van der Waals surface area (Å²) >= 11 is 0. The molecular weight excluding hydrogens is 1420 g/mol. The van der Waals surface area contributed by atoms with Gasteiger partial charge in [0.15, 0.2) is 5.78 Å². The number of hydrogen-bond acceptors (Lipinski definition) is 10. The highest BCUT2D eigenvalue weighted by atomic mass is 16.5. The molecule has 20 rings (SSSR count). The van der Waals surface area contributed by atoms with Gasteiger partial charge in [-0.3, -0.25) is 4.79 Å². The van der Waals surface area contributed by atoms with Crippen molar-refractivity contribution in [1.29, 1.82) is 0 Å². The molecule has 20 aliphatic carbocycles. The Balaban J connectivity index is 0.000000108. The molecule has 34 atom stereocenters. The van der Waals surface area contributed by atoms with Gasteiger partial charge < -0.3 is 44.1 Å². The molecule has 0 heterocycles. The summed E-state index contributed by atoms with van der Waals surface area (Å²) < 4.78 is 29.4. The minimum atomic E-state index is -0.0873. The van der Waals surface area contributed by atoms with Crippen molar-refractivity contribution in [3.05, 3.63) is 58.2 Å². The molecule has 20 aliphatic rings. The quantitative estimate of drug-likeness (QED) is 0.156. The van der Waals surface area contributed by atoms with Gasteiger partial charge >= 0.3 is 0 Å². The molecule has 4 N–H and O–H groups in total. The summed E-state index contributed by atoms with van der Waals surface area (Å²) in [6.45, 7) is 24.5. The Morgan fingerprint density at radius 2 is 0.513 bits per heavy atom. The maximum absolute atomic E-state index is 12.0. The highest BCUT2D eigenvalue weighted by Crippen LogP contribution is 2.73. The van der Waals surface area contributed by atoms with Crippen LogP contribution in [0.2, 0.25) is 0 Å². The third kappa shape index (κ3) is 13.8. The van der Waals surface area contributed by atoms with Crippen LogP contribution in [-0.4, -0.2) is 117 Å². The van der Waals surface area contributed by atoms with Gasteiger partial charge in [0, 0.05) is 42.0 Å². The van der Waals surface area contributed by atoms with Gasteiger partial charge in [0.1, 0.15) is 0 Å². The lowest BCUT2D eigenvalue weighted by molar-refractivity contribution is -0.119. The number of rotatable bonds is 10. The molecular formula is C105H168O10. The monoisotopic (exact) mass is 1590 g/mol. The number of aliphatic hydroxyl groups is 4.